The number of aliphatic hydroxyl groups is 1. The van der Waals surface area contributed by atoms with E-state index < -0.39 is 0 Å². The molecule has 0 saturated heterocycles. The number of hydrogen-bond donors (Lipinski definition) is 1. The molecule has 0 aliphatic heterocycles. The lowest BCUT2D eigenvalue weighted by Crippen LogP contribution is -2.25. The van der Waals surface area contributed by atoms with Crippen LogP contribution in [0.25, 0.3) is 24.3 Å². The molecule has 0 heterocycles. The highest BCUT2D eigenvalue weighted by Crippen LogP contribution is 2.32. The van der Waals surface area contributed by atoms with E-state index >= 15 is 0 Å². The summed E-state index contributed by atoms with van der Waals surface area (Å²) in [7, 11) is 1.71. The van der Waals surface area contributed by atoms with Crippen LogP contribution in [0.3, 0.4) is 0 Å². The van der Waals surface area contributed by atoms with Gasteiger partial charge in [0.1, 0.15) is 11.5 Å². The summed E-state index contributed by atoms with van der Waals surface area (Å²) in [5.41, 5.74) is 6.74. The molecule has 0 bridgehead atoms. The smallest absolute Gasteiger partial charge is 0.127 e. The molecule has 0 fully saturated rings. The number of aliphatic hydroxyl groups excluding tert-OH is 1. The quantitative estimate of drug-likeness (QED) is 0.0825. The molecule has 0 atom stereocenters. The van der Waals surface area contributed by atoms with Crippen molar-refractivity contribution in [2.75, 3.05) is 56.3 Å². The molecule has 47 heavy (non-hydrogen) atoms. The number of methoxy groups -OCH3 is 1. The number of unbranched alkanes of at least 4 members (excludes halogenated alkanes) is 4. The normalized spacial score (nSPS) is 11.4. The van der Waals surface area contributed by atoms with E-state index in [4.69, 9.17) is 9.47 Å². The van der Waals surface area contributed by atoms with Gasteiger partial charge >= 0.3 is 0 Å². The van der Waals surface area contributed by atoms with Gasteiger partial charge in [0, 0.05) is 61.7 Å². The van der Waals surface area contributed by atoms with E-state index in [-0.39, 0.29) is 6.61 Å². The van der Waals surface area contributed by atoms with E-state index in [1.165, 1.54) is 62.7 Å². The molecule has 0 spiro atoms. The Balaban J connectivity index is 1.82. The summed E-state index contributed by atoms with van der Waals surface area (Å²) in [6.07, 6.45) is 18.7. The number of benzene rings is 3. The molecule has 0 radical (unpaired) electrons. The van der Waals surface area contributed by atoms with Gasteiger partial charge in [0.2, 0.25) is 0 Å². The first-order valence-electron chi connectivity index (χ1n) is 18.1. The molecule has 0 aliphatic rings. The first kappa shape index (κ1) is 37.8. The maximum Gasteiger partial charge on any atom is 0.127 e. The van der Waals surface area contributed by atoms with Crippen LogP contribution in [0.4, 0.5) is 11.4 Å². The van der Waals surface area contributed by atoms with E-state index in [1.807, 2.05) is 12.1 Å². The molecule has 5 nitrogen and oxygen atoms in total. The Morgan fingerprint density at radius 2 is 0.957 bits per heavy atom. The molecule has 0 aliphatic carbocycles. The van der Waals surface area contributed by atoms with Crippen LogP contribution in [0.1, 0.15) is 108 Å². The van der Waals surface area contributed by atoms with Crippen LogP contribution in [0, 0.1) is 0 Å². The number of rotatable bonds is 23. The zero-order valence-corrected chi connectivity index (χ0v) is 29.8. The van der Waals surface area contributed by atoms with Crippen LogP contribution >= 0.6 is 0 Å². The van der Waals surface area contributed by atoms with Gasteiger partial charge in [-0.2, -0.15) is 0 Å². The summed E-state index contributed by atoms with van der Waals surface area (Å²) >= 11 is 0. The first-order chi connectivity index (χ1) is 23.1. The largest absolute Gasteiger partial charge is 0.496 e. The van der Waals surface area contributed by atoms with Gasteiger partial charge in [0.05, 0.1) is 13.7 Å². The minimum atomic E-state index is 0.0955. The van der Waals surface area contributed by atoms with E-state index in [1.54, 1.807) is 7.11 Å². The molecular formula is C42H60N2O3. The molecule has 3 aromatic rings. The van der Waals surface area contributed by atoms with Crippen molar-refractivity contribution in [3.05, 3.63) is 82.9 Å². The van der Waals surface area contributed by atoms with Crippen molar-refractivity contribution >= 4 is 35.7 Å². The van der Waals surface area contributed by atoms with Crippen LogP contribution in [0.5, 0.6) is 11.5 Å². The third-order valence-electron chi connectivity index (χ3n) is 8.48. The fourth-order valence-electron chi connectivity index (χ4n) is 5.50. The topological polar surface area (TPSA) is 45.2 Å². The second-order valence-electron chi connectivity index (χ2n) is 12.3. The maximum absolute atomic E-state index is 9.38. The fourth-order valence-corrected chi connectivity index (χ4v) is 5.50. The van der Waals surface area contributed by atoms with E-state index in [9.17, 15) is 5.11 Å². The standard InChI is InChI=1S/C42H60N2O3/c1-6-10-27-43(28-11-7-2)39-23-17-35(18-24-39)15-21-37-34-42(47-32-14-31-45)38(33-41(37)46-5)22-16-36-19-25-40(26-20-36)44(29-12-8-3)30-13-9-4/h15-26,33-34,45H,6-14,27-32H2,1-5H3/b21-15+,22-16+. The predicted molar refractivity (Wildman–Crippen MR) is 205 cm³/mol. The van der Waals surface area contributed by atoms with Gasteiger partial charge in [-0.1, -0.05) is 102 Å². The van der Waals surface area contributed by atoms with E-state index in [0.29, 0.717) is 13.0 Å². The van der Waals surface area contributed by atoms with Crippen LogP contribution < -0.4 is 19.3 Å². The van der Waals surface area contributed by atoms with E-state index in [0.717, 1.165) is 59.9 Å². The Morgan fingerprint density at radius 1 is 0.553 bits per heavy atom. The summed E-state index contributed by atoms with van der Waals surface area (Å²) in [4.78, 5) is 5.02. The molecule has 5 heteroatoms. The molecule has 3 aromatic carbocycles. The van der Waals surface area contributed by atoms with Crippen molar-refractivity contribution in [3.63, 3.8) is 0 Å². The van der Waals surface area contributed by atoms with Crippen LogP contribution in [-0.2, 0) is 0 Å². The summed E-state index contributed by atoms with van der Waals surface area (Å²) in [6, 6.07) is 21.8. The minimum absolute atomic E-state index is 0.0955. The zero-order valence-electron chi connectivity index (χ0n) is 29.8. The molecule has 1 N–H and O–H groups in total. The summed E-state index contributed by atoms with van der Waals surface area (Å²) < 4.78 is 12.0. The highest BCUT2D eigenvalue weighted by atomic mass is 16.5. The second-order valence-corrected chi connectivity index (χ2v) is 12.3. The van der Waals surface area contributed by atoms with Crippen LogP contribution in [0.2, 0.25) is 0 Å². The highest BCUT2D eigenvalue weighted by Gasteiger charge is 2.11. The molecule has 3 rings (SSSR count). The Morgan fingerprint density at radius 3 is 1.34 bits per heavy atom. The number of anilines is 2. The molecule has 0 saturated carbocycles. The molecule has 0 amide bonds. The summed E-state index contributed by atoms with van der Waals surface area (Å²) in [6.45, 7) is 13.9. The molecule has 256 valence electrons. The van der Waals surface area contributed by atoms with Gasteiger partial charge in [-0.15, -0.1) is 0 Å². The van der Waals surface area contributed by atoms with Gasteiger partial charge in [-0.05, 0) is 73.2 Å². The van der Waals surface area contributed by atoms with Crippen molar-refractivity contribution in [2.24, 2.45) is 0 Å². The van der Waals surface area contributed by atoms with Crippen molar-refractivity contribution in [2.45, 2.75) is 85.5 Å². The highest BCUT2D eigenvalue weighted by molar-refractivity contribution is 5.79. The fraction of sp³-hybridized carbons (Fsp3) is 0.476. The second kappa shape index (κ2) is 22.0. The van der Waals surface area contributed by atoms with E-state index in [2.05, 4.69) is 110 Å². The van der Waals surface area contributed by atoms with Gasteiger partial charge in [-0.3, -0.25) is 0 Å². The third-order valence-corrected chi connectivity index (χ3v) is 8.48. The third kappa shape index (κ3) is 12.8. The lowest BCUT2D eigenvalue weighted by atomic mass is 10.0. The lowest BCUT2D eigenvalue weighted by Gasteiger charge is -2.24. The average Bonchev–Trinajstić information content (AvgIpc) is 3.11. The average molecular weight is 641 g/mol. The van der Waals surface area contributed by atoms with Gasteiger partial charge in [0.25, 0.3) is 0 Å². The minimum Gasteiger partial charge on any atom is -0.496 e. The van der Waals surface area contributed by atoms with Crippen molar-refractivity contribution in [1.29, 1.82) is 0 Å². The van der Waals surface area contributed by atoms with Crippen molar-refractivity contribution in [3.8, 4) is 11.5 Å². The zero-order chi connectivity index (χ0) is 33.7. The Labute approximate surface area is 285 Å². The number of nitrogens with zero attached hydrogens (tertiary/aromatic N) is 2. The van der Waals surface area contributed by atoms with Gasteiger partial charge in [-0.25, -0.2) is 0 Å². The Hall–Kier alpha value is -3.70. The summed E-state index contributed by atoms with van der Waals surface area (Å²) in [5, 5.41) is 9.38. The molecule has 0 aromatic heterocycles. The number of ether oxygens (including phenoxy) is 2. The Kier molecular flexibility index (Phi) is 17.7. The maximum atomic E-state index is 9.38. The number of hydrogen-bond acceptors (Lipinski definition) is 5. The SMILES string of the molecule is CCCCN(CCCC)c1ccc(/C=C/c2cc(OCCCO)c(/C=C/c3ccc(N(CCCC)CCCC)cc3)cc2OC)cc1. The van der Waals surface area contributed by atoms with Crippen LogP contribution in [0.15, 0.2) is 60.7 Å². The Bertz CT molecular complexity index is 1320. The van der Waals surface area contributed by atoms with Crippen LogP contribution in [-0.4, -0.2) is 51.6 Å². The van der Waals surface area contributed by atoms with Gasteiger partial charge < -0.3 is 24.4 Å². The monoisotopic (exact) mass is 640 g/mol. The predicted octanol–water partition coefficient (Wildman–Crippen LogP) is 10.6. The van der Waals surface area contributed by atoms with Crippen molar-refractivity contribution < 1.29 is 14.6 Å². The lowest BCUT2D eigenvalue weighted by molar-refractivity contribution is 0.233. The first-order valence-corrected chi connectivity index (χ1v) is 18.1. The van der Waals surface area contributed by atoms with Gasteiger partial charge in [0.15, 0.2) is 0 Å². The molecular weight excluding hydrogens is 580 g/mol. The molecule has 0 unspecified atom stereocenters. The summed E-state index contributed by atoms with van der Waals surface area (Å²) in [5.74, 6) is 1.56. The van der Waals surface area contributed by atoms with Crippen molar-refractivity contribution in [1.82, 2.24) is 0 Å².